The molecule has 0 saturated carbocycles. The van der Waals surface area contributed by atoms with Gasteiger partial charge >= 0.3 is 106 Å². The van der Waals surface area contributed by atoms with E-state index in [0.29, 0.717) is 16.7 Å². The van der Waals surface area contributed by atoms with E-state index in [1.165, 1.54) is 0 Å². The quantitative estimate of drug-likeness (QED) is 0.337. The third kappa shape index (κ3) is 9.39. The molecule has 1 nitrogen and oxygen atoms in total. The Kier molecular flexibility index (Phi) is 24.5. The first-order chi connectivity index (χ1) is 8.07. The summed E-state index contributed by atoms with van der Waals surface area (Å²) in [6.45, 7) is 19.4. The summed E-state index contributed by atoms with van der Waals surface area (Å²) >= 11 is 0.444. The van der Waals surface area contributed by atoms with E-state index >= 15 is 0 Å². The maximum Gasteiger partial charge on any atom is 0.281 e. The van der Waals surface area contributed by atoms with Crippen LogP contribution in [0.4, 0.5) is 0 Å². The summed E-state index contributed by atoms with van der Waals surface area (Å²) < 4.78 is 0. The van der Waals surface area contributed by atoms with Crippen molar-refractivity contribution in [2.45, 2.75) is 41.5 Å². The molecule has 0 aromatic rings. The molecule has 0 heterocycles. The molecule has 0 N–H and O–H groups in total. The van der Waals surface area contributed by atoms with Crippen LogP contribution >= 0.6 is 11.0 Å². The molecule has 0 aliphatic rings. The van der Waals surface area contributed by atoms with Gasteiger partial charge in [-0.15, -0.1) is 0 Å². The zero-order chi connectivity index (χ0) is 13.9. The number of carbonyl (C=O) groups excluding carboxylic acids is 1. The van der Waals surface area contributed by atoms with Crippen molar-refractivity contribution in [2.75, 3.05) is 37.0 Å². The second kappa shape index (κ2) is 16.1. The van der Waals surface area contributed by atoms with Gasteiger partial charge in [-0.05, 0) is 0 Å². The van der Waals surface area contributed by atoms with Crippen LogP contribution < -0.4 is 24.8 Å². The van der Waals surface area contributed by atoms with Gasteiger partial charge in [-0.2, -0.15) is 0 Å². The van der Waals surface area contributed by atoms with Crippen LogP contribution in [0.5, 0.6) is 0 Å². The van der Waals surface area contributed by atoms with Crippen LogP contribution in [0, 0.1) is 0 Å². The van der Waals surface area contributed by atoms with Crippen LogP contribution in [-0.2, 0) is 21.5 Å². The maximum absolute atomic E-state index is 7.50. The summed E-state index contributed by atoms with van der Waals surface area (Å²) in [6, 6.07) is 0. The second-order valence-electron chi connectivity index (χ2n) is 4.41. The summed E-state index contributed by atoms with van der Waals surface area (Å²) in [5.41, 5.74) is -1.46. The molecule has 0 bridgehead atoms. The Morgan fingerprint density at radius 1 is 0.632 bits per heavy atom. The van der Waals surface area contributed by atoms with Crippen LogP contribution in [0.1, 0.15) is 41.5 Å². The molecule has 0 rings (SSSR count). The Balaban J connectivity index is -0.000000267. The van der Waals surface area contributed by atoms with E-state index in [0.717, 1.165) is 0 Å². The molecule has 0 saturated heterocycles. The fourth-order valence-electron chi connectivity index (χ4n) is 2.23. The molecule has 0 unspecified atom stereocenters. The van der Waals surface area contributed by atoms with Crippen molar-refractivity contribution in [3.8, 4) is 0 Å². The van der Waals surface area contributed by atoms with Crippen molar-refractivity contribution in [3.05, 3.63) is 0 Å². The largest absolute Gasteiger partial charge is 1.00 e. The van der Waals surface area contributed by atoms with Gasteiger partial charge in [0.05, 0.1) is 0 Å². The molecule has 0 aliphatic heterocycles. The number of halogens is 2. The van der Waals surface area contributed by atoms with E-state index in [4.69, 9.17) is 4.79 Å². The fourth-order valence-corrected chi connectivity index (χ4v) is 58.2. The number of hydrogen-bond donors (Lipinski definition) is 0. The van der Waals surface area contributed by atoms with E-state index in [9.17, 15) is 0 Å². The topological polar surface area (TPSA) is 17.1 Å². The average molecular weight is 529 g/mol. The van der Waals surface area contributed by atoms with Crippen molar-refractivity contribution in [3.63, 3.8) is 0 Å². The molecule has 0 amide bonds. The Hall–Kier alpha value is 1.76. The van der Waals surface area contributed by atoms with Crippen molar-refractivity contribution < 1.29 is 46.3 Å². The Morgan fingerprint density at radius 3 is 0.895 bits per heavy atom. The standard InChI is InChI=1S/2C6H15P.CO.2ClH.Ir/c2*1-4-7(5-2)6-3;1-2;;;/h2*4-6H2,1-3H3;;2*1H;. The van der Waals surface area contributed by atoms with Crippen LogP contribution in [-0.4, -0.2) is 43.8 Å². The molecule has 6 heteroatoms. The smallest absolute Gasteiger partial charge is 0.281 e. The molecule has 0 atom stereocenters. The van der Waals surface area contributed by atoms with Gasteiger partial charge in [0, 0.05) is 0 Å². The van der Waals surface area contributed by atoms with Crippen molar-refractivity contribution in [1.29, 1.82) is 0 Å². The van der Waals surface area contributed by atoms with Gasteiger partial charge < -0.3 is 24.8 Å². The zero-order valence-corrected chi connectivity index (χ0v) is 19.1. The molecule has 0 fully saturated rings. The normalized spacial score (nSPS) is 12.3. The first-order valence-electron chi connectivity index (χ1n) is 6.90. The fraction of sp³-hybridized carbons (Fsp3) is 0.923. The van der Waals surface area contributed by atoms with Crippen LogP contribution in [0.2, 0.25) is 0 Å². The first-order valence-corrected chi connectivity index (χ1v) is 19.0. The van der Waals surface area contributed by atoms with E-state index in [1.54, 1.807) is 37.0 Å². The van der Waals surface area contributed by atoms with E-state index in [2.05, 4.69) is 48.3 Å². The predicted octanol–water partition coefficient (Wildman–Crippen LogP) is -1.87. The summed E-state index contributed by atoms with van der Waals surface area (Å²) in [5, 5.41) is 0. The summed E-state index contributed by atoms with van der Waals surface area (Å²) in [6.07, 6.45) is 9.47. The predicted molar refractivity (Wildman–Crippen MR) is 85.6 cm³/mol. The van der Waals surface area contributed by atoms with Crippen LogP contribution in [0.3, 0.4) is 0 Å². The zero-order valence-electron chi connectivity index (χ0n) is 13.2. The van der Waals surface area contributed by atoms with Gasteiger partial charge in [-0.25, -0.2) is 0 Å². The van der Waals surface area contributed by atoms with Gasteiger partial charge in [0.2, 0.25) is 0 Å². The van der Waals surface area contributed by atoms with Gasteiger partial charge in [0.15, 0.2) is 0 Å². The number of hydrogen-bond acceptors (Lipinski definition) is 1. The van der Waals surface area contributed by atoms with E-state index < -0.39 is 11.0 Å². The van der Waals surface area contributed by atoms with Crippen molar-refractivity contribution >= 4 is 17.8 Å². The average Bonchev–Trinajstić information content (AvgIpc) is 2.44. The maximum atomic E-state index is 7.50. The van der Waals surface area contributed by atoms with Crippen molar-refractivity contribution in [1.82, 2.24) is 0 Å². The van der Waals surface area contributed by atoms with Crippen LogP contribution in [0.15, 0.2) is 0 Å². The second-order valence-corrected chi connectivity index (χ2v) is 34.4. The minimum atomic E-state index is -0.729. The minimum Gasteiger partial charge on any atom is -1.00 e. The number of rotatable bonds is 8. The SMILES string of the molecule is CC[PH](CC)(CC)[Ir+2][PH](CC)(CC)CC.[C]=O.[Cl-].[Cl-]. The molecular weight excluding hydrogens is 497 g/mol. The summed E-state index contributed by atoms with van der Waals surface area (Å²) in [5.74, 6) is 0. The van der Waals surface area contributed by atoms with Gasteiger partial charge in [-0.1, -0.05) is 0 Å². The molecule has 19 heavy (non-hydrogen) atoms. The Labute approximate surface area is 142 Å². The Bertz CT molecular complexity index is 155. The third-order valence-electron chi connectivity index (χ3n) is 4.06. The molecular formula is C13H32Cl2IrOP2. The van der Waals surface area contributed by atoms with Crippen LogP contribution in [0.25, 0.3) is 0 Å². The van der Waals surface area contributed by atoms with Gasteiger partial charge in [-0.3, -0.25) is 4.79 Å². The molecule has 0 aromatic carbocycles. The molecule has 123 valence electrons. The minimum absolute atomic E-state index is 0. The van der Waals surface area contributed by atoms with Crippen molar-refractivity contribution in [2.24, 2.45) is 0 Å². The van der Waals surface area contributed by atoms with Gasteiger partial charge in [0.1, 0.15) is 0 Å². The monoisotopic (exact) mass is 529 g/mol. The summed E-state index contributed by atoms with van der Waals surface area (Å²) in [7, 11) is 0. The molecule has 0 spiro atoms. The third-order valence-corrected chi connectivity index (χ3v) is 52.4. The summed E-state index contributed by atoms with van der Waals surface area (Å²) in [4.78, 5) is 7.50. The molecule has 0 aromatic heterocycles. The first kappa shape index (κ1) is 28.9. The van der Waals surface area contributed by atoms with E-state index in [1.807, 2.05) is 0 Å². The Morgan fingerprint density at radius 2 is 0.789 bits per heavy atom. The molecule has 2 radical (unpaired) electrons. The molecule has 0 aliphatic carbocycles. The van der Waals surface area contributed by atoms with E-state index in [-0.39, 0.29) is 24.8 Å². The van der Waals surface area contributed by atoms with Gasteiger partial charge in [0.25, 0.3) is 6.79 Å².